The third-order valence-electron chi connectivity index (χ3n) is 2.02. The summed E-state index contributed by atoms with van der Waals surface area (Å²) in [7, 11) is 0. The normalized spacial score (nSPS) is 9.93. The Balaban J connectivity index is 2.14. The minimum atomic E-state index is -0.0484. The van der Waals surface area contributed by atoms with Crippen molar-refractivity contribution in [1.82, 2.24) is 5.32 Å². The van der Waals surface area contributed by atoms with E-state index in [0.717, 1.165) is 6.42 Å². The monoisotopic (exact) mass is 207 g/mol. The van der Waals surface area contributed by atoms with Crippen molar-refractivity contribution in [2.45, 2.75) is 13.3 Å². The van der Waals surface area contributed by atoms with Gasteiger partial charge in [0.25, 0.3) is 0 Å². The Morgan fingerprint density at radius 3 is 2.73 bits per heavy atom. The van der Waals surface area contributed by atoms with Gasteiger partial charge >= 0.3 is 0 Å². The number of nitrogens with one attached hydrogen (secondary N) is 1. The first-order valence-electron chi connectivity index (χ1n) is 5.21. The highest BCUT2D eigenvalue weighted by Crippen LogP contribution is 1.97. The standard InChI is InChI=1S/C12H17NO2/c1-2-15-10-12(14)13-9-8-11-6-4-3-5-7-11/h3-7H,2,8-10H2,1H3,(H,13,14). The Hall–Kier alpha value is -1.35. The van der Waals surface area contributed by atoms with E-state index in [9.17, 15) is 4.79 Å². The number of hydrogen-bond donors (Lipinski definition) is 1. The van der Waals surface area contributed by atoms with Crippen LogP contribution in [-0.2, 0) is 16.0 Å². The number of carbonyl (C=O) groups is 1. The molecular weight excluding hydrogens is 190 g/mol. The molecule has 1 rings (SSSR count). The maximum absolute atomic E-state index is 11.2. The highest BCUT2D eigenvalue weighted by atomic mass is 16.5. The fraction of sp³-hybridized carbons (Fsp3) is 0.417. The van der Waals surface area contributed by atoms with Gasteiger partial charge in [-0.15, -0.1) is 0 Å². The molecule has 0 spiro atoms. The van der Waals surface area contributed by atoms with Crippen LogP contribution in [0.15, 0.2) is 30.3 Å². The highest BCUT2D eigenvalue weighted by Gasteiger charge is 1.99. The van der Waals surface area contributed by atoms with Crippen LogP contribution in [0, 0.1) is 0 Å². The van der Waals surface area contributed by atoms with Gasteiger partial charge in [-0.1, -0.05) is 30.3 Å². The molecule has 1 aromatic rings. The van der Waals surface area contributed by atoms with Crippen LogP contribution in [0.5, 0.6) is 0 Å². The fourth-order valence-corrected chi connectivity index (χ4v) is 1.24. The Morgan fingerprint density at radius 2 is 2.07 bits per heavy atom. The molecule has 0 heterocycles. The van der Waals surface area contributed by atoms with Crippen molar-refractivity contribution in [3.63, 3.8) is 0 Å². The van der Waals surface area contributed by atoms with E-state index in [1.165, 1.54) is 5.56 Å². The van der Waals surface area contributed by atoms with Crippen LogP contribution in [0.1, 0.15) is 12.5 Å². The molecule has 1 aromatic carbocycles. The molecule has 1 N–H and O–H groups in total. The topological polar surface area (TPSA) is 38.3 Å². The van der Waals surface area contributed by atoms with Crippen LogP contribution in [-0.4, -0.2) is 25.7 Å². The lowest BCUT2D eigenvalue weighted by Gasteiger charge is -2.04. The maximum atomic E-state index is 11.2. The summed E-state index contributed by atoms with van der Waals surface area (Å²) in [5.74, 6) is -0.0484. The highest BCUT2D eigenvalue weighted by molar-refractivity contribution is 5.77. The van der Waals surface area contributed by atoms with Crippen molar-refractivity contribution in [3.8, 4) is 0 Å². The maximum Gasteiger partial charge on any atom is 0.246 e. The summed E-state index contributed by atoms with van der Waals surface area (Å²) >= 11 is 0. The van der Waals surface area contributed by atoms with Gasteiger partial charge in [0, 0.05) is 13.2 Å². The molecule has 0 radical (unpaired) electrons. The molecule has 0 unspecified atom stereocenters. The van der Waals surface area contributed by atoms with Crippen LogP contribution in [0.25, 0.3) is 0 Å². The van der Waals surface area contributed by atoms with Crippen LogP contribution in [0.3, 0.4) is 0 Å². The zero-order valence-electron chi connectivity index (χ0n) is 9.03. The van der Waals surface area contributed by atoms with Crippen molar-refractivity contribution in [2.24, 2.45) is 0 Å². The Labute approximate surface area is 90.4 Å². The van der Waals surface area contributed by atoms with Gasteiger partial charge in [0.1, 0.15) is 6.61 Å². The van der Waals surface area contributed by atoms with Crippen LogP contribution >= 0.6 is 0 Å². The Morgan fingerprint density at radius 1 is 1.33 bits per heavy atom. The zero-order chi connectivity index (χ0) is 10.9. The third-order valence-corrected chi connectivity index (χ3v) is 2.02. The van der Waals surface area contributed by atoms with E-state index in [1.54, 1.807) is 0 Å². The number of carbonyl (C=O) groups excluding carboxylic acids is 1. The summed E-state index contributed by atoms with van der Waals surface area (Å²) in [4.78, 5) is 11.2. The van der Waals surface area contributed by atoms with Gasteiger partial charge in [-0.05, 0) is 18.9 Å². The summed E-state index contributed by atoms with van der Waals surface area (Å²) in [6.07, 6.45) is 0.860. The van der Waals surface area contributed by atoms with Gasteiger partial charge in [0.2, 0.25) is 5.91 Å². The molecule has 0 aliphatic rings. The number of benzene rings is 1. The second-order valence-electron chi connectivity index (χ2n) is 3.22. The van der Waals surface area contributed by atoms with E-state index in [2.05, 4.69) is 17.4 Å². The zero-order valence-corrected chi connectivity index (χ0v) is 9.03. The minimum Gasteiger partial charge on any atom is -0.372 e. The molecule has 3 heteroatoms. The molecule has 0 aromatic heterocycles. The SMILES string of the molecule is CCOCC(=O)NCCc1ccccc1. The lowest BCUT2D eigenvalue weighted by Crippen LogP contribution is -2.29. The van der Waals surface area contributed by atoms with Crippen molar-refractivity contribution < 1.29 is 9.53 Å². The number of amides is 1. The molecular formula is C12H17NO2. The first kappa shape index (κ1) is 11.7. The summed E-state index contributed by atoms with van der Waals surface area (Å²) < 4.78 is 4.99. The second-order valence-corrected chi connectivity index (χ2v) is 3.22. The summed E-state index contributed by atoms with van der Waals surface area (Å²) in [5.41, 5.74) is 1.23. The largest absolute Gasteiger partial charge is 0.372 e. The third kappa shape index (κ3) is 5.18. The van der Waals surface area contributed by atoms with E-state index in [4.69, 9.17) is 4.74 Å². The predicted octanol–water partition coefficient (Wildman–Crippen LogP) is 1.38. The van der Waals surface area contributed by atoms with E-state index in [0.29, 0.717) is 13.2 Å². The fourth-order valence-electron chi connectivity index (χ4n) is 1.24. The Kier molecular flexibility index (Phi) is 5.48. The van der Waals surface area contributed by atoms with E-state index in [-0.39, 0.29) is 12.5 Å². The predicted molar refractivity (Wildman–Crippen MR) is 59.6 cm³/mol. The molecule has 15 heavy (non-hydrogen) atoms. The number of rotatable bonds is 6. The first-order chi connectivity index (χ1) is 7.33. The van der Waals surface area contributed by atoms with Gasteiger partial charge in [-0.25, -0.2) is 0 Å². The van der Waals surface area contributed by atoms with E-state index < -0.39 is 0 Å². The van der Waals surface area contributed by atoms with Gasteiger partial charge in [-0.3, -0.25) is 4.79 Å². The van der Waals surface area contributed by atoms with Gasteiger partial charge in [0.15, 0.2) is 0 Å². The molecule has 0 aliphatic carbocycles. The second kappa shape index (κ2) is 7.01. The molecule has 0 saturated heterocycles. The van der Waals surface area contributed by atoms with E-state index in [1.807, 2.05) is 25.1 Å². The van der Waals surface area contributed by atoms with Crippen molar-refractivity contribution in [1.29, 1.82) is 0 Å². The molecule has 0 bridgehead atoms. The minimum absolute atomic E-state index is 0.0484. The number of ether oxygens (including phenoxy) is 1. The lowest BCUT2D eigenvalue weighted by atomic mass is 10.1. The molecule has 82 valence electrons. The Bertz CT molecular complexity index is 285. The van der Waals surface area contributed by atoms with Crippen LogP contribution in [0.4, 0.5) is 0 Å². The number of hydrogen-bond acceptors (Lipinski definition) is 2. The summed E-state index contributed by atoms with van der Waals surface area (Å²) in [6.45, 7) is 3.27. The van der Waals surface area contributed by atoms with Gasteiger partial charge in [0.05, 0.1) is 0 Å². The molecule has 0 atom stereocenters. The molecule has 3 nitrogen and oxygen atoms in total. The van der Waals surface area contributed by atoms with Crippen LogP contribution < -0.4 is 5.32 Å². The summed E-state index contributed by atoms with van der Waals surface area (Å²) in [6, 6.07) is 10.1. The van der Waals surface area contributed by atoms with Crippen molar-refractivity contribution >= 4 is 5.91 Å². The van der Waals surface area contributed by atoms with Gasteiger partial charge < -0.3 is 10.1 Å². The average Bonchev–Trinajstić information content (AvgIpc) is 2.28. The van der Waals surface area contributed by atoms with Crippen molar-refractivity contribution in [3.05, 3.63) is 35.9 Å². The van der Waals surface area contributed by atoms with Crippen LogP contribution in [0.2, 0.25) is 0 Å². The van der Waals surface area contributed by atoms with Gasteiger partial charge in [-0.2, -0.15) is 0 Å². The van der Waals surface area contributed by atoms with E-state index >= 15 is 0 Å². The smallest absolute Gasteiger partial charge is 0.246 e. The van der Waals surface area contributed by atoms with Crippen molar-refractivity contribution in [2.75, 3.05) is 19.8 Å². The molecule has 1 amide bonds. The average molecular weight is 207 g/mol. The lowest BCUT2D eigenvalue weighted by molar-refractivity contribution is -0.125. The molecule has 0 aliphatic heterocycles. The molecule has 0 fully saturated rings. The molecule has 0 saturated carbocycles. The quantitative estimate of drug-likeness (QED) is 0.765. The first-order valence-corrected chi connectivity index (χ1v) is 5.21. The summed E-state index contributed by atoms with van der Waals surface area (Å²) in [5, 5.41) is 2.80.